The molecule has 2 rings (SSSR count). The first-order valence-corrected chi connectivity index (χ1v) is 5.91. The zero-order chi connectivity index (χ0) is 12.4. The number of hydrogen-bond acceptors (Lipinski definition) is 2. The number of rotatable bonds is 2. The van der Waals surface area contributed by atoms with E-state index in [0.717, 1.165) is 5.69 Å². The summed E-state index contributed by atoms with van der Waals surface area (Å²) in [6.45, 7) is 4.29. The molecule has 0 spiro atoms. The van der Waals surface area contributed by atoms with E-state index in [-0.39, 0.29) is 5.56 Å². The summed E-state index contributed by atoms with van der Waals surface area (Å²) < 4.78 is 2.21. The molecule has 1 N–H and O–H groups in total. The monoisotopic (exact) mass is 246 g/mol. The van der Waals surface area contributed by atoms with Crippen molar-refractivity contribution in [1.82, 2.24) is 9.55 Å². The average Bonchev–Trinajstić information content (AvgIpc) is 2.29. The van der Waals surface area contributed by atoms with Gasteiger partial charge in [-0.05, 0) is 35.8 Å². The first-order valence-electron chi connectivity index (χ1n) is 5.50. The van der Waals surface area contributed by atoms with Crippen LogP contribution in [0.1, 0.15) is 25.3 Å². The molecule has 1 aromatic carbocycles. The Labute approximate surface area is 105 Å². The van der Waals surface area contributed by atoms with Crippen molar-refractivity contribution in [2.75, 3.05) is 0 Å². The summed E-state index contributed by atoms with van der Waals surface area (Å²) >= 11 is 5.14. The number of H-pyrrole nitrogens is 1. The summed E-state index contributed by atoms with van der Waals surface area (Å²) in [4.78, 5) is 13.7. The van der Waals surface area contributed by atoms with Crippen LogP contribution in [0.4, 0.5) is 0 Å². The summed E-state index contributed by atoms with van der Waals surface area (Å²) in [7, 11) is 0. The van der Waals surface area contributed by atoms with E-state index in [1.807, 2.05) is 12.1 Å². The van der Waals surface area contributed by atoms with Crippen molar-refractivity contribution in [3.63, 3.8) is 0 Å². The molecule has 0 unspecified atom stereocenters. The van der Waals surface area contributed by atoms with Crippen molar-refractivity contribution < 1.29 is 0 Å². The second kappa shape index (κ2) is 4.67. The second-order valence-electron chi connectivity index (χ2n) is 4.23. The normalized spacial score (nSPS) is 10.8. The first kappa shape index (κ1) is 11.8. The standard InChI is InChI=1S/C13H14N2OS/c1-9(2)10-4-3-5-11(8-10)15-7-6-12(16)14-13(15)17/h3-9H,1-2H3,(H,14,16,17). The summed E-state index contributed by atoms with van der Waals surface area (Å²) in [5.41, 5.74) is 2.04. The van der Waals surface area contributed by atoms with Gasteiger partial charge < -0.3 is 0 Å². The van der Waals surface area contributed by atoms with Crippen LogP contribution in [-0.4, -0.2) is 9.55 Å². The van der Waals surface area contributed by atoms with Gasteiger partial charge in [0.1, 0.15) is 0 Å². The molecular weight excluding hydrogens is 232 g/mol. The third kappa shape index (κ3) is 2.53. The highest BCUT2D eigenvalue weighted by Crippen LogP contribution is 2.17. The number of benzene rings is 1. The molecule has 0 amide bonds. The van der Waals surface area contributed by atoms with Crippen LogP contribution in [0.15, 0.2) is 41.3 Å². The lowest BCUT2D eigenvalue weighted by atomic mass is 10.0. The summed E-state index contributed by atoms with van der Waals surface area (Å²) in [6.07, 6.45) is 1.70. The van der Waals surface area contributed by atoms with Crippen molar-refractivity contribution in [2.24, 2.45) is 0 Å². The van der Waals surface area contributed by atoms with Gasteiger partial charge in [0.25, 0.3) is 5.56 Å². The maximum absolute atomic E-state index is 11.1. The Bertz CT molecular complexity index is 640. The minimum atomic E-state index is -0.175. The zero-order valence-corrected chi connectivity index (χ0v) is 10.6. The molecule has 1 heterocycles. The van der Waals surface area contributed by atoms with Gasteiger partial charge in [-0.15, -0.1) is 0 Å². The van der Waals surface area contributed by atoms with E-state index >= 15 is 0 Å². The van der Waals surface area contributed by atoms with Crippen molar-refractivity contribution in [2.45, 2.75) is 19.8 Å². The van der Waals surface area contributed by atoms with E-state index in [4.69, 9.17) is 12.2 Å². The molecule has 0 aliphatic rings. The van der Waals surface area contributed by atoms with Crippen LogP contribution in [0.25, 0.3) is 5.69 Å². The lowest BCUT2D eigenvalue weighted by molar-refractivity contribution is 0.858. The number of hydrogen-bond donors (Lipinski definition) is 1. The van der Waals surface area contributed by atoms with Crippen LogP contribution in [0.5, 0.6) is 0 Å². The first-order chi connectivity index (χ1) is 8.08. The maximum atomic E-state index is 11.1. The topological polar surface area (TPSA) is 37.8 Å². The molecule has 1 aromatic heterocycles. The Hall–Kier alpha value is -1.68. The van der Waals surface area contributed by atoms with Crippen LogP contribution in [-0.2, 0) is 0 Å². The van der Waals surface area contributed by atoms with Gasteiger partial charge in [0.15, 0.2) is 4.77 Å². The van der Waals surface area contributed by atoms with Gasteiger partial charge in [-0.25, -0.2) is 0 Å². The van der Waals surface area contributed by atoms with Gasteiger partial charge in [0.05, 0.1) is 0 Å². The summed E-state index contributed by atoms with van der Waals surface area (Å²) in [5.74, 6) is 0.465. The fourth-order valence-electron chi connectivity index (χ4n) is 1.65. The molecule has 0 saturated heterocycles. The Morgan fingerprint density at radius 1 is 1.29 bits per heavy atom. The van der Waals surface area contributed by atoms with Gasteiger partial charge in [0.2, 0.25) is 0 Å². The van der Waals surface area contributed by atoms with Crippen LogP contribution < -0.4 is 5.56 Å². The van der Waals surface area contributed by atoms with E-state index in [1.165, 1.54) is 11.6 Å². The lowest BCUT2D eigenvalue weighted by Crippen LogP contribution is -2.09. The highest BCUT2D eigenvalue weighted by Gasteiger charge is 2.02. The third-order valence-electron chi connectivity index (χ3n) is 2.64. The van der Waals surface area contributed by atoms with Gasteiger partial charge in [-0.2, -0.15) is 0 Å². The smallest absolute Gasteiger partial charge is 0.251 e. The maximum Gasteiger partial charge on any atom is 0.251 e. The van der Waals surface area contributed by atoms with E-state index in [1.54, 1.807) is 10.8 Å². The fourth-order valence-corrected chi connectivity index (χ4v) is 1.92. The molecule has 0 saturated carbocycles. The minimum Gasteiger partial charge on any atom is -0.299 e. The van der Waals surface area contributed by atoms with E-state index in [2.05, 4.69) is 31.0 Å². The van der Waals surface area contributed by atoms with Crippen LogP contribution in [0.3, 0.4) is 0 Å². The fraction of sp³-hybridized carbons (Fsp3) is 0.231. The van der Waals surface area contributed by atoms with E-state index in [9.17, 15) is 4.79 Å². The molecule has 0 radical (unpaired) electrons. The quantitative estimate of drug-likeness (QED) is 0.827. The predicted octanol–water partition coefficient (Wildman–Crippen LogP) is 3.02. The van der Waals surface area contributed by atoms with Crippen molar-refractivity contribution in [1.29, 1.82) is 0 Å². The molecular formula is C13H14N2OS. The molecule has 2 aromatic rings. The van der Waals surface area contributed by atoms with Crippen LogP contribution >= 0.6 is 12.2 Å². The molecule has 0 aliphatic heterocycles. The van der Waals surface area contributed by atoms with Crippen molar-refractivity contribution >= 4 is 12.2 Å². The molecule has 0 fully saturated rings. The molecule has 17 heavy (non-hydrogen) atoms. The van der Waals surface area contributed by atoms with Gasteiger partial charge in [0, 0.05) is 18.0 Å². The number of nitrogens with zero attached hydrogens (tertiary/aromatic N) is 1. The lowest BCUT2D eigenvalue weighted by Gasteiger charge is -2.10. The van der Waals surface area contributed by atoms with Gasteiger partial charge in [-0.1, -0.05) is 26.0 Å². The third-order valence-corrected chi connectivity index (χ3v) is 2.94. The van der Waals surface area contributed by atoms with E-state index in [0.29, 0.717) is 10.7 Å². The van der Waals surface area contributed by atoms with Crippen molar-refractivity contribution in [3.05, 3.63) is 57.2 Å². The minimum absolute atomic E-state index is 0.175. The largest absolute Gasteiger partial charge is 0.299 e. The average molecular weight is 246 g/mol. The van der Waals surface area contributed by atoms with Crippen LogP contribution in [0, 0.1) is 4.77 Å². The van der Waals surface area contributed by atoms with E-state index < -0.39 is 0 Å². The molecule has 3 nitrogen and oxygen atoms in total. The van der Waals surface area contributed by atoms with Gasteiger partial charge in [-0.3, -0.25) is 14.3 Å². The van der Waals surface area contributed by atoms with Gasteiger partial charge >= 0.3 is 0 Å². The molecule has 4 heteroatoms. The zero-order valence-electron chi connectivity index (χ0n) is 9.81. The number of aromatic nitrogens is 2. The molecule has 0 bridgehead atoms. The Balaban J connectivity index is 2.57. The SMILES string of the molecule is CC(C)c1cccc(-n2ccc(=O)[nH]c2=S)c1. The Morgan fingerprint density at radius 3 is 2.71 bits per heavy atom. The highest BCUT2D eigenvalue weighted by molar-refractivity contribution is 7.71. The summed E-state index contributed by atoms with van der Waals surface area (Å²) in [5, 5.41) is 0. The molecule has 0 atom stereocenters. The molecule has 0 aliphatic carbocycles. The summed E-state index contributed by atoms with van der Waals surface area (Å²) in [6, 6.07) is 9.61. The van der Waals surface area contributed by atoms with Crippen LogP contribution in [0.2, 0.25) is 0 Å². The highest BCUT2D eigenvalue weighted by atomic mass is 32.1. The number of nitrogens with one attached hydrogen (secondary N) is 1. The number of aromatic amines is 1. The Morgan fingerprint density at radius 2 is 2.06 bits per heavy atom. The Kier molecular flexibility index (Phi) is 3.24. The molecule has 88 valence electrons. The second-order valence-corrected chi connectivity index (χ2v) is 4.62. The van der Waals surface area contributed by atoms with Crippen molar-refractivity contribution in [3.8, 4) is 5.69 Å². The predicted molar refractivity (Wildman–Crippen MR) is 71.3 cm³/mol.